The molecule has 1 amide bonds. The predicted molar refractivity (Wildman–Crippen MR) is 86.4 cm³/mol. The molecule has 22 heavy (non-hydrogen) atoms. The highest BCUT2D eigenvalue weighted by Gasteiger charge is 2.09. The fourth-order valence-electron chi connectivity index (χ4n) is 2.22. The van der Waals surface area contributed by atoms with Crippen LogP contribution >= 0.6 is 0 Å². The van der Waals surface area contributed by atoms with Gasteiger partial charge in [-0.15, -0.1) is 10.2 Å². The Balaban J connectivity index is 1.85. The number of aromatic nitrogens is 3. The van der Waals surface area contributed by atoms with Crippen LogP contribution < -0.4 is 10.2 Å². The Morgan fingerprint density at radius 2 is 2.00 bits per heavy atom. The fraction of sp³-hybridized carbons (Fsp3) is 0.188. The molecule has 2 heterocycles. The van der Waals surface area contributed by atoms with Crippen molar-refractivity contribution >= 4 is 22.9 Å². The first-order valence-corrected chi connectivity index (χ1v) is 6.95. The number of amides is 1. The van der Waals surface area contributed by atoms with Gasteiger partial charge in [-0.05, 0) is 37.3 Å². The minimum Gasteiger partial charge on any atom is -0.378 e. The number of aryl methyl sites for hydroxylation is 1. The van der Waals surface area contributed by atoms with Crippen molar-refractivity contribution < 1.29 is 4.79 Å². The Labute approximate surface area is 128 Å². The van der Waals surface area contributed by atoms with Crippen LogP contribution in [0.25, 0.3) is 5.65 Å². The van der Waals surface area contributed by atoms with E-state index in [9.17, 15) is 4.79 Å². The molecule has 1 aromatic carbocycles. The first-order valence-electron chi connectivity index (χ1n) is 6.95. The maximum absolute atomic E-state index is 12.4. The topological polar surface area (TPSA) is 62.5 Å². The number of pyridine rings is 1. The zero-order valence-corrected chi connectivity index (χ0v) is 12.7. The van der Waals surface area contributed by atoms with Gasteiger partial charge in [0.2, 0.25) is 0 Å². The Morgan fingerprint density at radius 1 is 1.18 bits per heavy atom. The van der Waals surface area contributed by atoms with Crippen LogP contribution in [0, 0.1) is 6.92 Å². The summed E-state index contributed by atoms with van der Waals surface area (Å²) in [7, 11) is 3.92. The molecule has 0 saturated carbocycles. The molecule has 0 radical (unpaired) electrons. The molecule has 0 spiro atoms. The van der Waals surface area contributed by atoms with Crippen molar-refractivity contribution in [3.05, 3.63) is 54.0 Å². The number of hydrogen-bond donors (Lipinski definition) is 1. The molecule has 0 aliphatic carbocycles. The average molecular weight is 295 g/mol. The van der Waals surface area contributed by atoms with E-state index in [1.807, 2.05) is 54.6 Å². The van der Waals surface area contributed by atoms with Gasteiger partial charge in [0.05, 0.1) is 0 Å². The molecule has 1 N–H and O–H groups in total. The lowest BCUT2D eigenvalue weighted by Crippen LogP contribution is -2.13. The van der Waals surface area contributed by atoms with Crippen molar-refractivity contribution in [1.82, 2.24) is 14.6 Å². The van der Waals surface area contributed by atoms with Gasteiger partial charge in [0, 0.05) is 37.2 Å². The molecule has 0 fully saturated rings. The first kappa shape index (κ1) is 14.1. The molecule has 0 unspecified atom stereocenters. The van der Waals surface area contributed by atoms with Gasteiger partial charge in [0.15, 0.2) is 5.65 Å². The zero-order valence-electron chi connectivity index (χ0n) is 12.7. The van der Waals surface area contributed by atoms with Crippen LogP contribution in [0.4, 0.5) is 11.4 Å². The number of nitrogens with zero attached hydrogens (tertiary/aromatic N) is 4. The van der Waals surface area contributed by atoms with Crippen LogP contribution in [0.15, 0.2) is 42.6 Å². The summed E-state index contributed by atoms with van der Waals surface area (Å²) in [5.41, 5.74) is 3.00. The largest absolute Gasteiger partial charge is 0.378 e. The van der Waals surface area contributed by atoms with Gasteiger partial charge < -0.3 is 10.2 Å². The third-order valence-corrected chi connectivity index (χ3v) is 3.46. The predicted octanol–water partition coefficient (Wildman–Crippen LogP) is 2.36. The van der Waals surface area contributed by atoms with Crippen LogP contribution in [-0.4, -0.2) is 34.6 Å². The van der Waals surface area contributed by atoms with Gasteiger partial charge in [0.25, 0.3) is 5.91 Å². The second-order valence-corrected chi connectivity index (χ2v) is 5.29. The molecule has 0 aliphatic heterocycles. The zero-order chi connectivity index (χ0) is 15.7. The van der Waals surface area contributed by atoms with Gasteiger partial charge >= 0.3 is 0 Å². The molecule has 2 aromatic heterocycles. The lowest BCUT2D eigenvalue weighted by Gasteiger charge is -2.14. The summed E-state index contributed by atoms with van der Waals surface area (Å²) < 4.78 is 1.84. The van der Waals surface area contributed by atoms with Gasteiger partial charge in [-0.3, -0.25) is 9.20 Å². The van der Waals surface area contributed by atoms with Crippen molar-refractivity contribution in [2.75, 3.05) is 24.3 Å². The number of carbonyl (C=O) groups is 1. The van der Waals surface area contributed by atoms with Gasteiger partial charge in [-0.1, -0.05) is 6.07 Å². The molecule has 0 bridgehead atoms. The number of fused-ring (bicyclic) bond motifs is 1. The lowest BCUT2D eigenvalue weighted by atomic mass is 10.2. The maximum atomic E-state index is 12.4. The van der Waals surface area contributed by atoms with Crippen LogP contribution in [0.2, 0.25) is 0 Å². The summed E-state index contributed by atoms with van der Waals surface area (Å²) in [4.78, 5) is 14.4. The molecule has 0 aliphatic rings. The van der Waals surface area contributed by atoms with Crippen LogP contribution in [0.5, 0.6) is 0 Å². The Bertz CT molecular complexity index is 837. The second-order valence-electron chi connectivity index (χ2n) is 5.29. The molecular formula is C16H17N5O. The summed E-state index contributed by atoms with van der Waals surface area (Å²) >= 11 is 0. The van der Waals surface area contributed by atoms with E-state index in [1.165, 1.54) is 0 Å². The van der Waals surface area contributed by atoms with E-state index in [-0.39, 0.29) is 5.91 Å². The highest BCUT2D eigenvalue weighted by atomic mass is 16.1. The molecule has 3 aromatic rings. The van der Waals surface area contributed by atoms with Crippen molar-refractivity contribution in [2.24, 2.45) is 0 Å². The quantitative estimate of drug-likeness (QED) is 0.805. The number of carbonyl (C=O) groups excluding carboxylic acids is 1. The van der Waals surface area contributed by atoms with Crippen molar-refractivity contribution in [1.29, 1.82) is 0 Å². The van der Waals surface area contributed by atoms with E-state index in [1.54, 1.807) is 18.3 Å². The minimum atomic E-state index is -0.168. The molecule has 6 nitrogen and oxygen atoms in total. The summed E-state index contributed by atoms with van der Waals surface area (Å²) in [6.07, 6.45) is 1.80. The van der Waals surface area contributed by atoms with E-state index in [0.29, 0.717) is 11.2 Å². The summed E-state index contributed by atoms with van der Waals surface area (Å²) in [5.74, 6) is 0.625. The Morgan fingerprint density at radius 3 is 2.77 bits per heavy atom. The lowest BCUT2D eigenvalue weighted by molar-refractivity contribution is 0.102. The molecule has 6 heteroatoms. The third kappa shape index (κ3) is 2.63. The number of anilines is 2. The van der Waals surface area contributed by atoms with Crippen LogP contribution in [0.1, 0.15) is 16.2 Å². The van der Waals surface area contributed by atoms with Crippen molar-refractivity contribution in [3.63, 3.8) is 0 Å². The highest BCUT2D eigenvalue weighted by molar-refractivity contribution is 6.04. The standard InChI is InChI=1S/C16H17N5O/c1-11-18-19-15-9-12(7-8-21(11)15)16(22)17-13-5-4-6-14(10-13)20(2)3/h4-10H,1-3H3,(H,17,22). The first-order chi connectivity index (χ1) is 10.5. The molecule has 112 valence electrons. The SMILES string of the molecule is Cc1nnc2cc(C(=O)Nc3cccc(N(C)C)c3)ccn12. The highest BCUT2D eigenvalue weighted by Crippen LogP contribution is 2.18. The number of hydrogen-bond acceptors (Lipinski definition) is 4. The summed E-state index contributed by atoms with van der Waals surface area (Å²) in [6.45, 7) is 1.87. The van der Waals surface area contributed by atoms with Crippen LogP contribution in [-0.2, 0) is 0 Å². The van der Waals surface area contributed by atoms with E-state index in [0.717, 1.165) is 17.2 Å². The van der Waals surface area contributed by atoms with E-state index >= 15 is 0 Å². The number of benzene rings is 1. The second kappa shape index (κ2) is 5.48. The monoisotopic (exact) mass is 295 g/mol. The Kier molecular flexibility index (Phi) is 3.50. The average Bonchev–Trinajstić information content (AvgIpc) is 2.88. The minimum absolute atomic E-state index is 0.168. The van der Waals surface area contributed by atoms with Crippen molar-refractivity contribution in [2.45, 2.75) is 6.92 Å². The van der Waals surface area contributed by atoms with Gasteiger partial charge in [0.1, 0.15) is 5.82 Å². The van der Waals surface area contributed by atoms with Crippen LogP contribution in [0.3, 0.4) is 0 Å². The Hall–Kier alpha value is -2.89. The van der Waals surface area contributed by atoms with E-state index in [2.05, 4.69) is 15.5 Å². The smallest absolute Gasteiger partial charge is 0.255 e. The van der Waals surface area contributed by atoms with Gasteiger partial charge in [-0.25, -0.2) is 0 Å². The third-order valence-electron chi connectivity index (χ3n) is 3.46. The molecule has 3 rings (SSSR count). The van der Waals surface area contributed by atoms with E-state index < -0.39 is 0 Å². The number of nitrogens with one attached hydrogen (secondary N) is 1. The number of rotatable bonds is 3. The molecule has 0 atom stereocenters. The maximum Gasteiger partial charge on any atom is 0.255 e. The summed E-state index contributed by atoms with van der Waals surface area (Å²) in [6, 6.07) is 11.2. The molecular weight excluding hydrogens is 278 g/mol. The summed E-state index contributed by atoms with van der Waals surface area (Å²) in [5, 5.41) is 10.9. The molecule has 0 saturated heterocycles. The fourth-order valence-corrected chi connectivity index (χ4v) is 2.22. The normalized spacial score (nSPS) is 10.7. The van der Waals surface area contributed by atoms with Gasteiger partial charge in [-0.2, -0.15) is 0 Å². The van der Waals surface area contributed by atoms with E-state index in [4.69, 9.17) is 0 Å². The van der Waals surface area contributed by atoms with Crippen molar-refractivity contribution in [3.8, 4) is 0 Å².